The summed E-state index contributed by atoms with van der Waals surface area (Å²) in [5, 5.41) is 6.57. The van der Waals surface area contributed by atoms with E-state index in [9.17, 15) is 0 Å². The minimum atomic E-state index is 0.721. The smallest absolute Gasteiger partial charge is 0.155 e. The van der Waals surface area contributed by atoms with Crippen LogP contribution in [-0.2, 0) is 0 Å². The van der Waals surface area contributed by atoms with Gasteiger partial charge in [0.05, 0.1) is 5.52 Å². The highest BCUT2D eigenvalue weighted by Gasteiger charge is 2.07. The topological polar surface area (TPSA) is 41.0 Å². The molecule has 0 bridgehead atoms. The van der Waals surface area contributed by atoms with Crippen molar-refractivity contribution >= 4 is 56.1 Å². The van der Waals surface area contributed by atoms with E-state index in [-0.39, 0.29) is 0 Å². The number of rotatable bonds is 7. The fraction of sp³-hybridized carbons (Fsp3) is 0.263. The average molecular weight is 417 g/mol. The van der Waals surface area contributed by atoms with Gasteiger partial charge < -0.3 is 10.2 Å². The van der Waals surface area contributed by atoms with Crippen molar-refractivity contribution in [3.05, 3.63) is 50.9 Å². The third-order valence-corrected chi connectivity index (χ3v) is 5.02. The zero-order valence-electron chi connectivity index (χ0n) is 14.4. The van der Waals surface area contributed by atoms with E-state index in [0.717, 1.165) is 46.5 Å². The lowest BCUT2D eigenvalue weighted by molar-refractivity contribution is 0.405. The van der Waals surface area contributed by atoms with Crippen LogP contribution in [0.1, 0.15) is 17.1 Å². The molecule has 25 heavy (non-hydrogen) atoms. The van der Waals surface area contributed by atoms with Gasteiger partial charge in [0.2, 0.25) is 0 Å². The summed E-state index contributed by atoms with van der Waals surface area (Å²) in [7, 11) is 4.18. The molecule has 0 amide bonds. The molecule has 0 atom stereocenters. The lowest BCUT2D eigenvalue weighted by atomic mass is 10.2. The molecule has 0 radical (unpaired) electrons. The summed E-state index contributed by atoms with van der Waals surface area (Å²) < 4.78 is 1.03. The molecule has 3 aromatic rings. The maximum atomic E-state index is 4.72. The number of benzene rings is 1. The minimum absolute atomic E-state index is 0.721. The van der Waals surface area contributed by atoms with E-state index in [4.69, 9.17) is 4.98 Å². The van der Waals surface area contributed by atoms with Gasteiger partial charge in [-0.25, -0.2) is 9.97 Å². The van der Waals surface area contributed by atoms with E-state index in [1.807, 2.05) is 24.3 Å². The number of thiophene rings is 1. The van der Waals surface area contributed by atoms with Gasteiger partial charge in [-0.1, -0.05) is 22.0 Å². The van der Waals surface area contributed by atoms with Crippen LogP contribution in [0.15, 0.2) is 40.2 Å². The summed E-state index contributed by atoms with van der Waals surface area (Å²) in [6.07, 6.45) is 5.09. The number of halogens is 1. The molecule has 2 aromatic heterocycles. The van der Waals surface area contributed by atoms with E-state index in [1.165, 1.54) is 4.88 Å². The summed E-state index contributed by atoms with van der Waals surface area (Å²) in [5.74, 6) is 1.61. The Bertz CT molecular complexity index is 859. The van der Waals surface area contributed by atoms with E-state index < -0.39 is 0 Å². The summed E-state index contributed by atoms with van der Waals surface area (Å²) in [5.41, 5.74) is 0.944. The SMILES string of the molecule is CN(C)CCCNc1nc(/C=C/c2cccs2)nc2ccc(Br)cc12. The predicted molar refractivity (Wildman–Crippen MR) is 112 cm³/mol. The zero-order chi connectivity index (χ0) is 17.6. The number of fused-ring (bicyclic) bond motifs is 1. The van der Waals surface area contributed by atoms with Crippen molar-refractivity contribution < 1.29 is 0 Å². The summed E-state index contributed by atoms with van der Waals surface area (Å²) in [6, 6.07) is 10.2. The molecule has 0 aliphatic heterocycles. The first-order chi connectivity index (χ1) is 12.1. The molecule has 6 heteroatoms. The second-order valence-corrected chi connectivity index (χ2v) is 7.92. The quantitative estimate of drug-likeness (QED) is 0.550. The van der Waals surface area contributed by atoms with Crippen molar-refractivity contribution in [2.45, 2.75) is 6.42 Å². The van der Waals surface area contributed by atoms with E-state index >= 15 is 0 Å². The van der Waals surface area contributed by atoms with Crippen LogP contribution < -0.4 is 5.32 Å². The monoisotopic (exact) mass is 416 g/mol. The molecule has 0 saturated heterocycles. The Morgan fingerprint density at radius 3 is 2.84 bits per heavy atom. The van der Waals surface area contributed by atoms with Crippen LogP contribution in [0.25, 0.3) is 23.1 Å². The molecule has 1 aromatic carbocycles. The number of nitrogens with one attached hydrogen (secondary N) is 1. The Morgan fingerprint density at radius 1 is 1.20 bits per heavy atom. The van der Waals surface area contributed by atoms with Crippen LogP contribution in [0.2, 0.25) is 0 Å². The Kier molecular flexibility index (Phi) is 6.18. The van der Waals surface area contributed by atoms with Gasteiger partial charge in [-0.15, -0.1) is 11.3 Å². The maximum absolute atomic E-state index is 4.72. The highest BCUT2D eigenvalue weighted by atomic mass is 79.9. The molecule has 1 N–H and O–H groups in total. The largest absolute Gasteiger partial charge is 0.369 e. The molecule has 0 fully saturated rings. The van der Waals surface area contributed by atoms with Crippen LogP contribution >= 0.6 is 27.3 Å². The van der Waals surface area contributed by atoms with Gasteiger partial charge in [-0.3, -0.25) is 0 Å². The zero-order valence-corrected chi connectivity index (χ0v) is 16.8. The third-order valence-electron chi connectivity index (χ3n) is 3.69. The van der Waals surface area contributed by atoms with E-state index in [1.54, 1.807) is 11.3 Å². The Balaban J connectivity index is 1.87. The highest BCUT2D eigenvalue weighted by Crippen LogP contribution is 2.25. The number of aromatic nitrogens is 2. The van der Waals surface area contributed by atoms with E-state index in [2.05, 4.69) is 68.8 Å². The molecule has 0 aliphatic carbocycles. The van der Waals surface area contributed by atoms with Gasteiger partial charge in [0.25, 0.3) is 0 Å². The molecular formula is C19H21BrN4S. The van der Waals surface area contributed by atoms with Crippen molar-refractivity contribution in [2.75, 3.05) is 32.5 Å². The van der Waals surface area contributed by atoms with Crippen molar-refractivity contribution in [3.63, 3.8) is 0 Å². The molecule has 0 saturated carbocycles. The van der Waals surface area contributed by atoms with Gasteiger partial charge in [-0.05, 0) is 68.9 Å². The van der Waals surface area contributed by atoms with Crippen LogP contribution in [0, 0.1) is 0 Å². The van der Waals surface area contributed by atoms with Gasteiger partial charge in [0.15, 0.2) is 5.82 Å². The number of hydrogen-bond donors (Lipinski definition) is 1. The molecule has 3 rings (SSSR count). The number of anilines is 1. The summed E-state index contributed by atoms with van der Waals surface area (Å²) >= 11 is 5.24. The first-order valence-electron chi connectivity index (χ1n) is 8.19. The Hall–Kier alpha value is -1.76. The fourth-order valence-corrected chi connectivity index (χ4v) is 3.45. The lowest BCUT2D eigenvalue weighted by Crippen LogP contribution is -2.17. The van der Waals surface area contributed by atoms with Crippen LogP contribution in [0.4, 0.5) is 5.82 Å². The van der Waals surface area contributed by atoms with Crippen LogP contribution in [-0.4, -0.2) is 42.1 Å². The first-order valence-corrected chi connectivity index (χ1v) is 9.86. The standard InChI is InChI=1S/C19H21BrN4S/c1-24(2)11-4-10-21-19-16-13-14(20)6-8-17(16)22-18(23-19)9-7-15-5-3-12-25-15/h3,5-9,12-13H,4,10-11H2,1-2H3,(H,21,22,23)/b9-7+. The minimum Gasteiger partial charge on any atom is -0.369 e. The van der Waals surface area contributed by atoms with Crippen molar-refractivity contribution in [2.24, 2.45) is 0 Å². The maximum Gasteiger partial charge on any atom is 0.155 e. The molecule has 4 nitrogen and oxygen atoms in total. The van der Waals surface area contributed by atoms with Gasteiger partial charge in [0, 0.05) is 21.3 Å². The number of hydrogen-bond acceptors (Lipinski definition) is 5. The normalized spacial score (nSPS) is 11.7. The Morgan fingerprint density at radius 2 is 2.08 bits per heavy atom. The number of nitrogens with zero attached hydrogens (tertiary/aromatic N) is 3. The first kappa shape index (κ1) is 18.0. The lowest BCUT2D eigenvalue weighted by Gasteiger charge is -2.12. The average Bonchev–Trinajstić information content (AvgIpc) is 3.10. The molecule has 0 unspecified atom stereocenters. The second kappa shape index (κ2) is 8.56. The van der Waals surface area contributed by atoms with Gasteiger partial charge in [-0.2, -0.15) is 0 Å². The van der Waals surface area contributed by atoms with Gasteiger partial charge >= 0.3 is 0 Å². The van der Waals surface area contributed by atoms with Gasteiger partial charge in [0.1, 0.15) is 5.82 Å². The Labute approximate surface area is 160 Å². The summed E-state index contributed by atoms with van der Waals surface area (Å²) in [4.78, 5) is 12.8. The summed E-state index contributed by atoms with van der Waals surface area (Å²) in [6.45, 7) is 1.93. The predicted octanol–water partition coefficient (Wildman–Crippen LogP) is 4.99. The highest BCUT2D eigenvalue weighted by molar-refractivity contribution is 9.10. The molecule has 130 valence electrons. The fourth-order valence-electron chi connectivity index (χ4n) is 2.47. The second-order valence-electron chi connectivity index (χ2n) is 6.02. The molecule has 0 aliphatic rings. The van der Waals surface area contributed by atoms with Crippen LogP contribution in [0.3, 0.4) is 0 Å². The third kappa shape index (κ3) is 5.11. The molecule has 2 heterocycles. The molecule has 0 spiro atoms. The van der Waals surface area contributed by atoms with Crippen molar-refractivity contribution in [1.82, 2.24) is 14.9 Å². The van der Waals surface area contributed by atoms with Crippen molar-refractivity contribution in [1.29, 1.82) is 0 Å². The van der Waals surface area contributed by atoms with Crippen LogP contribution in [0.5, 0.6) is 0 Å². The molecular weight excluding hydrogens is 396 g/mol. The van der Waals surface area contributed by atoms with E-state index in [0.29, 0.717) is 0 Å². The van der Waals surface area contributed by atoms with Crippen molar-refractivity contribution in [3.8, 4) is 0 Å².